The Kier molecular flexibility index (Phi) is 6.28. The number of hydrogen-bond acceptors (Lipinski definition) is 4. The van der Waals surface area contributed by atoms with Gasteiger partial charge in [-0.2, -0.15) is 0 Å². The van der Waals surface area contributed by atoms with Crippen LogP contribution in [0.2, 0.25) is 0 Å². The molecule has 1 aliphatic heterocycles. The third-order valence-corrected chi connectivity index (χ3v) is 4.75. The van der Waals surface area contributed by atoms with Crippen LogP contribution in [0.1, 0.15) is 18.8 Å². The Morgan fingerprint density at radius 3 is 2.27 bits per heavy atom. The van der Waals surface area contributed by atoms with Crippen LogP contribution in [0, 0.1) is 0 Å². The molecule has 0 atom stereocenters. The van der Waals surface area contributed by atoms with Crippen molar-refractivity contribution in [3.05, 3.63) is 97.2 Å². The summed E-state index contributed by atoms with van der Waals surface area (Å²) >= 11 is 0. The fourth-order valence-corrected chi connectivity index (χ4v) is 3.41. The van der Waals surface area contributed by atoms with Crippen molar-refractivity contribution in [2.24, 2.45) is 0 Å². The fraction of sp³-hybridized carbons (Fsp3) is 0.154. The molecule has 3 heterocycles. The molecule has 0 amide bonds. The normalized spacial score (nSPS) is 13.6. The number of fused-ring (bicyclic) bond motifs is 1. The van der Waals surface area contributed by atoms with Crippen LogP contribution in [0.3, 0.4) is 0 Å². The summed E-state index contributed by atoms with van der Waals surface area (Å²) in [7, 11) is 0. The Morgan fingerprint density at radius 2 is 1.57 bits per heavy atom. The summed E-state index contributed by atoms with van der Waals surface area (Å²) in [5.74, 6) is 0. The molecule has 0 spiro atoms. The van der Waals surface area contributed by atoms with Crippen molar-refractivity contribution in [3.63, 3.8) is 0 Å². The molecule has 0 radical (unpaired) electrons. The van der Waals surface area contributed by atoms with Gasteiger partial charge >= 0.3 is 0 Å². The first-order chi connectivity index (χ1) is 14.8. The molecule has 1 aliphatic rings. The zero-order valence-electron chi connectivity index (χ0n) is 17.0. The molecule has 2 aromatic heterocycles. The smallest absolute Gasteiger partial charge is 0.184 e. The molecule has 4 heteroatoms. The highest BCUT2D eigenvalue weighted by atomic mass is 16.7. The SMILES string of the molecule is C=CC.c1ccc(-c2cc3ncccc3nc2-c2ccc(C3OCCO3)cc2)cc1. The number of aromatic nitrogens is 2. The van der Waals surface area contributed by atoms with Gasteiger partial charge in [0.25, 0.3) is 0 Å². The van der Waals surface area contributed by atoms with Crippen LogP contribution in [0.25, 0.3) is 33.4 Å². The molecule has 150 valence electrons. The maximum Gasteiger partial charge on any atom is 0.184 e. The highest BCUT2D eigenvalue weighted by Crippen LogP contribution is 2.34. The maximum atomic E-state index is 5.59. The highest BCUT2D eigenvalue weighted by Gasteiger charge is 2.18. The average molecular weight is 396 g/mol. The van der Waals surface area contributed by atoms with Gasteiger partial charge < -0.3 is 9.47 Å². The summed E-state index contributed by atoms with van der Waals surface area (Å²) in [6.07, 6.45) is 3.29. The molecule has 5 rings (SSSR count). The summed E-state index contributed by atoms with van der Waals surface area (Å²) < 4.78 is 11.2. The van der Waals surface area contributed by atoms with E-state index in [9.17, 15) is 0 Å². The lowest BCUT2D eigenvalue weighted by Crippen LogP contribution is -1.98. The molecule has 1 fully saturated rings. The van der Waals surface area contributed by atoms with E-state index in [1.165, 1.54) is 0 Å². The second-order valence-electron chi connectivity index (χ2n) is 6.90. The molecule has 2 aromatic carbocycles. The molecule has 30 heavy (non-hydrogen) atoms. The van der Waals surface area contributed by atoms with Gasteiger partial charge in [0.2, 0.25) is 0 Å². The first-order valence-electron chi connectivity index (χ1n) is 10.0. The van der Waals surface area contributed by atoms with Crippen molar-refractivity contribution in [1.29, 1.82) is 0 Å². The van der Waals surface area contributed by atoms with E-state index >= 15 is 0 Å². The summed E-state index contributed by atoms with van der Waals surface area (Å²) in [4.78, 5) is 9.40. The highest BCUT2D eigenvalue weighted by molar-refractivity contribution is 5.89. The first kappa shape index (κ1) is 20.0. The van der Waals surface area contributed by atoms with Crippen molar-refractivity contribution >= 4 is 11.0 Å². The molecule has 0 unspecified atom stereocenters. The average Bonchev–Trinajstić information content (AvgIpc) is 3.35. The van der Waals surface area contributed by atoms with Crippen molar-refractivity contribution in [2.75, 3.05) is 13.2 Å². The quantitative estimate of drug-likeness (QED) is 0.387. The second kappa shape index (κ2) is 9.44. The van der Waals surface area contributed by atoms with Crippen LogP contribution in [0.4, 0.5) is 0 Å². The molecular formula is C26H24N2O2. The zero-order chi connectivity index (χ0) is 20.8. The summed E-state index contributed by atoms with van der Waals surface area (Å²) in [6.45, 7) is 6.54. The van der Waals surface area contributed by atoms with E-state index in [1.54, 1.807) is 12.3 Å². The Balaban J connectivity index is 0.000000687. The summed E-state index contributed by atoms with van der Waals surface area (Å²) in [6, 6.07) is 24.6. The number of ether oxygens (including phenoxy) is 2. The molecule has 1 saturated heterocycles. The number of allylic oxidation sites excluding steroid dienone is 1. The summed E-state index contributed by atoms with van der Waals surface area (Å²) in [5.41, 5.74) is 7.01. The minimum absolute atomic E-state index is 0.263. The lowest BCUT2D eigenvalue weighted by Gasteiger charge is -2.13. The van der Waals surface area contributed by atoms with E-state index in [2.05, 4.69) is 54.0 Å². The number of benzene rings is 2. The Morgan fingerprint density at radius 1 is 0.867 bits per heavy atom. The van der Waals surface area contributed by atoms with Gasteiger partial charge in [-0.1, -0.05) is 60.7 Å². The van der Waals surface area contributed by atoms with Gasteiger partial charge in [0.15, 0.2) is 6.29 Å². The Labute approximate surface area is 176 Å². The lowest BCUT2D eigenvalue weighted by atomic mass is 9.98. The Hall–Kier alpha value is -3.34. The third-order valence-electron chi connectivity index (χ3n) is 4.75. The molecule has 0 bridgehead atoms. The van der Waals surface area contributed by atoms with E-state index in [1.807, 2.05) is 37.3 Å². The largest absolute Gasteiger partial charge is 0.346 e. The van der Waals surface area contributed by atoms with Crippen LogP contribution in [-0.2, 0) is 9.47 Å². The number of rotatable bonds is 3. The van der Waals surface area contributed by atoms with Crippen LogP contribution >= 0.6 is 0 Å². The topological polar surface area (TPSA) is 44.2 Å². The van der Waals surface area contributed by atoms with Gasteiger partial charge in [-0.05, 0) is 30.7 Å². The van der Waals surface area contributed by atoms with Gasteiger partial charge in [0.05, 0.1) is 29.9 Å². The minimum atomic E-state index is -0.263. The van der Waals surface area contributed by atoms with Crippen LogP contribution in [-0.4, -0.2) is 23.2 Å². The van der Waals surface area contributed by atoms with Gasteiger partial charge in [-0.25, -0.2) is 4.98 Å². The van der Waals surface area contributed by atoms with E-state index in [0.29, 0.717) is 13.2 Å². The van der Waals surface area contributed by atoms with E-state index in [-0.39, 0.29) is 6.29 Å². The second-order valence-corrected chi connectivity index (χ2v) is 6.90. The van der Waals surface area contributed by atoms with E-state index < -0.39 is 0 Å². The predicted octanol–water partition coefficient (Wildman–Crippen LogP) is 6.20. The van der Waals surface area contributed by atoms with Crippen molar-refractivity contribution in [3.8, 4) is 22.4 Å². The van der Waals surface area contributed by atoms with Crippen LogP contribution in [0.15, 0.2) is 91.6 Å². The predicted molar refractivity (Wildman–Crippen MR) is 121 cm³/mol. The number of nitrogens with zero attached hydrogens (tertiary/aromatic N) is 2. The Bertz CT molecular complexity index is 1120. The van der Waals surface area contributed by atoms with Gasteiger partial charge in [-0.3, -0.25) is 4.98 Å². The molecule has 0 N–H and O–H groups in total. The van der Waals surface area contributed by atoms with Gasteiger partial charge in [0, 0.05) is 22.9 Å². The molecule has 0 aliphatic carbocycles. The standard InChI is InChI=1S/C23H18N2O2.C3H6/c1-2-5-16(6-3-1)19-15-21-20(7-4-12-24-21)25-22(19)17-8-10-18(11-9-17)23-26-13-14-27-23;1-3-2/h1-12,15,23H,13-14H2;3H,1H2,2H3. The van der Waals surface area contributed by atoms with Crippen molar-refractivity contribution in [2.45, 2.75) is 13.2 Å². The molecule has 4 aromatic rings. The van der Waals surface area contributed by atoms with E-state index in [4.69, 9.17) is 14.5 Å². The number of pyridine rings is 2. The fourth-order valence-electron chi connectivity index (χ4n) is 3.41. The van der Waals surface area contributed by atoms with E-state index in [0.717, 1.165) is 39.0 Å². The van der Waals surface area contributed by atoms with Gasteiger partial charge in [0.1, 0.15) is 0 Å². The van der Waals surface area contributed by atoms with Crippen LogP contribution < -0.4 is 0 Å². The minimum Gasteiger partial charge on any atom is -0.346 e. The van der Waals surface area contributed by atoms with Crippen LogP contribution in [0.5, 0.6) is 0 Å². The first-order valence-corrected chi connectivity index (χ1v) is 10.0. The van der Waals surface area contributed by atoms with Crippen molar-refractivity contribution in [1.82, 2.24) is 9.97 Å². The third kappa shape index (κ3) is 4.30. The lowest BCUT2D eigenvalue weighted by molar-refractivity contribution is -0.0441. The summed E-state index contributed by atoms with van der Waals surface area (Å²) in [5, 5.41) is 0. The van der Waals surface area contributed by atoms with Gasteiger partial charge in [-0.15, -0.1) is 6.58 Å². The number of hydrogen-bond donors (Lipinski definition) is 0. The monoisotopic (exact) mass is 396 g/mol. The molecule has 4 nitrogen and oxygen atoms in total. The molecule has 0 saturated carbocycles. The maximum absolute atomic E-state index is 5.59. The zero-order valence-corrected chi connectivity index (χ0v) is 17.0. The molecular weight excluding hydrogens is 372 g/mol. The van der Waals surface area contributed by atoms with Crippen molar-refractivity contribution < 1.29 is 9.47 Å².